The van der Waals surface area contributed by atoms with Crippen LogP contribution < -0.4 is 10.2 Å². The fraction of sp³-hybridized carbons (Fsp3) is 0.429. The average Bonchev–Trinajstić information content (AvgIpc) is 3.26. The van der Waals surface area contributed by atoms with Gasteiger partial charge in [-0.1, -0.05) is 0 Å². The summed E-state index contributed by atoms with van der Waals surface area (Å²) in [6.45, 7) is 4.87. The maximum atomic E-state index is 12.9. The number of nitriles is 1. The van der Waals surface area contributed by atoms with Gasteiger partial charge in [-0.25, -0.2) is 0 Å². The third-order valence-corrected chi connectivity index (χ3v) is 6.42. The summed E-state index contributed by atoms with van der Waals surface area (Å²) in [5.41, 5.74) is 3.38. The highest BCUT2D eigenvalue weighted by molar-refractivity contribution is 7.99. The average molecular weight is 426 g/mol. The van der Waals surface area contributed by atoms with E-state index in [0.717, 1.165) is 35.2 Å². The largest absolute Gasteiger partial charge is 0.378 e. The Morgan fingerprint density at radius 3 is 2.93 bits per heavy atom. The van der Waals surface area contributed by atoms with E-state index in [1.807, 2.05) is 19.1 Å². The molecule has 1 aromatic carbocycles. The molecule has 2 aliphatic rings. The number of morpholine rings is 1. The Bertz CT molecular complexity index is 1020. The number of fused-ring (bicyclic) bond motifs is 1. The SMILES string of the molecule is Cc1cc2nccc(C(=O)NCC(=O)N3CSC[C@H]3C#N)c2cc1N1CCOCC1. The second-order valence-electron chi connectivity index (χ2n) is 7.30. The molecular formula is C21H23N5O3S. The topological polar surface area (TPSA) is 98.6 Å². The summed E-state index contributed by atoms with van der Waals surface area (Å²) in [5.74, 6) is 0.512. The molecule has 2 fully saturated rings. The molecule has 2 saturated heterocycles. The zero-order valence-corrected chi connectivity index (χ0v) is 17.6. The molecule has 0 aliphatic carbocycles. The predicted molar refractivity (Wildman–Crippen MR) is 115 cm³/mol. The lowest BCUT2D eigenvalue weighted by Gasteiger charge is -2.30. The Morgan fingerprint density at radius 1 is 1.37 bits per heavy atom. The van der Waals surface area contributed by atoms with Crippen molar-refractivity contribution in [3.05, 3.63) is 35.5 Å². The van der Waals surface area contributed by atoms with E-state index in [1.54, 1.807) is 24.0 Å². The fourth-order valence-electron chi connectivity index (χ4n) is 3.78. The van der Waals surface area contributed by atoms with Crippen molar-refractivity contribution in [1.82, 2.24) is 15.2 Å². The molecule has 0 spiro atoms. The summed E-state index contributed by atoms with van der Waals surface area (Å²) >= 11 is 1.54. The number of ether oxygens (including phenoxy) is 1. The zero-order valence-electron chi connectivity index (χ0n) is 16.8. The maximum Gasteiger partial charge on any atom is 0.252 e. The molecule has 0 bridgehead atoms. The lowest BCUT2D eigenvalue weighted by Crippen LogP contribution is -2.42. The van der Waals surface area contributed by atoms with Gasteiger partial charge in [0, 0.05) is 36.1 Å². The summed E-state index contributed by atoms with van der Waals surface area (Å²) in [6, 6.07) is 7.36. The highest BCUT2D eigenvalue weighted by atomic mass is 32.2. The van der Waals surface area contributed by atoms with Gasteiger partial charge in [-0.2, -0.15) is 5.26 Å². The van der Waals surface area contributed by atoms with Crippen LogP contribution in [0, 0.1) is 18.3 Å². The molecule has 8 nitrogen and oxygen atoms in total. The van der Waals surface area contributed by atoms with Gasteiger partial charge in [-0.15, -0.1) is 11.8 Å². The minimum absolute atomic E-state index is 0.135. The number of hydrogen-bond donors (Lipinski definition) is 1. The van der Waals surface area contributed by atoms with E-state index in [9.17, 15) is 9.59 Å². The van der Waals surface area contributed by atoms with Crippen molar-refractivity contribution in [2.75, 3.05) is 49.4 Å². The van der Waals surface area contributed by atoms with Gasteiger partial charge in [-0.3, -0.25) is 14.6 Å². The second kappa shape index (κ2) is 8.90. The Hall–Kier alpha value is -2.83. The van der Waals surface area contributed by atoms with Gasteiger partial charge >= 0.3 is 0 Å². The number of carbonyl (C=O) groups is 2. The number of aromatic nitrogens is 1. The van der Waals surface area contributed by atoms with Crippen molar-refractivity contribution in [3.8, 4) is 6.07 Å². The van der Waals surface area contributed by atoms with E-state index < -0.39 is 6.04 Å². The van der Waals surface area contributed by atoms with Crippen LogP contribution in [0.4, 0.5) is 5.69 Å². The summed E-state index contributed by atoms with van der Waals surface area (Å²) in [7, 11) is 0. The Labute approximate surface area is 179 Å². The summed E-state index contributed by atoms with van der Waals surface area (Å²) in [5, 5.41) is 12.6. The number of pyridine rings is 1. The minimum atomic E-state index is -0.430. The molecule has 2 aromatic rings. The molecule has 0 saturated carbocycles. The number of nitrogens with one attached hydrogen (secondary N) is 1. The molecule has 2 amide bonds. The van der Waals surface area contributed by atoms with E-state index in [0.29, 0.717) is 30.4 Å². The third-order valence-electron chi connectivity index (χ3n) is 5.41. The van der Waals surface area contributed by atoms with E-state index in [1.165, 1.54) is 4.90 Å². The molecule has 0 unspecified atom stereocenters. The summed E-state index contributed by atoms with van der Waals surface area (Å²) in [6.07, 6.45) is 1.61. The predicted octanol–water partition coefficient (Wildman–Crippen LogP) is 1.53. The smallest absolute Gasteiger partial charge is 0.252 e. The standard InChI is InChI=1S/C21H23N5O3S/c1-14-8-18-17(9-19(14)25-4-6-29-7-5-25)16(2-3-23-18)21(28)24-11-20(27)26-13-30-12-15(26)10-22/h2-3,8-9,15H,4-7,11-13H2,1H3,(H,24,28)/t15-/m1/s1. The van der Waals surface area contributed by atoms with Crippen molar-refractivity contribution in [1.29, 1.82) is 5.26 Å². The fourth-order valence-corrected chi connectivity index (χ4v) is 4.88. The van der Waals surface area contributed by atoms with Crippen LogP contribution >= 0.6 is 11.8 Å². The maximum absolute atomic E-state index is 12.9. The van der Waals surface area contributed by atoms with Crippen molar-refractivity contribution in [3.63, 3.8) is 0 Å². The lowest BCUT2D eigenvalue weighted by atomic mass is 10.0. The second-order valence-corrected chi connectivity index (χ2v) is 8.30. The number of rotatable bonds is 4. The first-order valence-electron chi connectivity index (χ1n) is 9.85. The van der Waals surface area contributed by atoms with E-state index in [4.69, 9.17) is 10.00 Å². The quantitative estimate of drug-likeness (QED) is 0.793. The van der Waals surface area contributed by atoms with Crippen LogP contribution in [0.3, 0.4) is 0 Å². The van der Waals surface area contributed by atoms with Crippen LogP contribution in [-0.2, 0) is 9.53 Å². The van der Waals surface area contributed by atoms with Crippen molar-refractivity contribution >= 4 is 40.2 Å². The summed E-state index contributed by atoms with van der Waals surface area (Å²) < 4.78 is 5.45. The Morgan fingerprint density at radius 2 is 2.17 bits per heavy atom. The van der Waals surface area contributed by atoms with Crippen LogP contribution in [0.5, 0.6) is 0 Å². The van der Waals surface area contributed by atoms with Gasteiger partial charge in [0.1, 0.15) is 6.04 Å². The van der Waals surface area contributed by atoms with Crippen LogP contribution in [0.1, 0.15) is 15.9 Å². The monoisotopic (exact) mass is 425 g/mol. The zero-order chi connectivity index (χ0) is 21.1. The van der Waals surface area contributed by atoms with Gasteiger partial charge in [0.05, 0.1) is 42.8 Å². The minimum Gasteiger partial charge on any atom is -0.378 e. The van der Waals surface area contributed by atoms with E-state index in [-0.39, 0.29) is 18.4 Å². The van der Waals surface area contributed by atoms with Gasteiger partial charge in [-0.05, 0) is 30.7 Å². The highest BCUT2D eigenvalue weighted by Gasteiger charge is 2.29. The normalized spacial score (nSPS) is 19.0. The van der Waals surface area contributed by atoms with Gasteiger partial charge in [0.15, 0.2) is 0 Å². The number of nitrogens with zero attached hydrogens (tertiary/aromatic N) is 4. The van der Waals surface area contributed by atoms with E-state index in [2.05, 4.69) is 21.3 Å². The molecule has 4 rings (SSSR count). The molecule has 156 valence electrons. The molecule has 2 aliphatic heterocycles. The van der Waals surface area contributed by atoms with Gasteiger partial charge < -0.3 is 19.9 Å². The van der Waals surface area contributed by atoms with Crippen LogP contribution in [0.15, 0.2) is 24.4 Å². The van der Waals surface area contributed by atoms with Crippen molar-refractivity contribution < 1.29 is 14.3 Å². The number of anilines is 1. The number of hydrogen-bond acceptors (Lipinski definition) is 7. The van der Waals surface area contributed by atoms with Crippen molar-refractivity contribution in [2.24, 2.45) is 0 Å². The molecule has 1 aromatic heterocycles. The van der Waals surface area contributed by atoms with E-state index >= 15 is 0 Å². The van der Waals surface area contributed by atoms with Gasteiger partial charge in [0.25, 0.3) is 5.91 Å². The van der Waals surface area contributed by atoms with Crippen LogP contribution in [0.25, 0.3) is 10.9 Å². The number of benzene rings is 1. The number of carbonyl (C=O) groups excluding carboxylic acids is 2. The first-order valence-corrected chi connectivity index (χ1v) is 11.0. The molecule has 3 heterocycles. The lowest BCUT2D eigenvalue weighted by molar-refractivity contribution is -0.129. The van der Waals surface area contributed by atoms with Crippen LogP contribution in [-0.4, -0.2) is 72.2 Å². The molecule has 0 radical (unpaired) electrons. The van der Waals surface area contributed by atoms with Crippen LogP contribution in [0.2, 0.25) is 0 Å². The van der Waals surface area contributed by atoms with Crippen molar-refractivity contribution in [2.45, 2.75) is 13.0 Å². The molecule has 1 atom stereocenters. The third kappa shape index (κ3) is 4.06. The Kier molecular flexibility index (Phi) is 6.06. The molecule has 30 heavy (non-hydrogen) atoms. The molecule has 9 heteroatoms. The highest BCUT2D eigenvalue weighted by Crippen LogP contribution is 2.28. The number of aryl methyl sites for hydroxylation is 1. The first kappa shape index (κ1) is 20.4. The Balaban J connectivity index is 1.55. The summed E-state index contributed by atoms with van der Waals surface area (Å²) in [4.78, 5) is 33.5. The van der Waals surface area contributed by atoms with Gasteiger partial charge in [0.2, 0.25) is 5.91 Å². The molecule has 1 N–H and O–H groups in total. The molecular weight excluding hydrogens is 402 g/mol. The number of thioether (sulfide) groups is 1. The first-order chi connectivity index (χ1) is 14.6. The number of amides is 2.